The van der Waals surface area contributed by atoms with Crippen LogP contribution in [0.15, 0.2) is 0 Å². The third-order valence-corrected chi connectivity index (χ3v) is 6.33. The van der Waals surface area contributed by atoms with Crippen molar-refractivity contribution in [3.63, 3.8) is 0 Å². The smallest absolute Gasteiger partial charge is 0.236 e. The van der Waals surface area contributed by atoms with Crippen LogP contribution >= 0.6 is 0 Å². The van der Waals surface area contributed by atoms with E-state index in [0.717, 1.165) is 25.7 Å². The number of carbonyl (C=O) groups is 2. The predicted octanol–water partition coefficient (Wildman–Crippen LogP) is 2.71. The maximum Gasteiger partial charge on any atom is 0.236 e. The van der Waals surface area contributed by atoms with E-state index in [1.165, 1.54) is 0 Å². The quantitative estimate of drug-likeness (QED) is 0.740. The van der Waals surface area contributed by atoms with E-state index in [1.807, 2.05) is 11.9 Å². The highest BCUT2D eigenvalue weighted by Crippen LogP contribution is 2.52. The molecule has 5 heteroatoms. The Morgan fingerprint density at radius 1 is 1.17 bits per heavy atom. The summed E-state index contributed by atoms with van der Waals surface area (Å²) in [5.74, 6) is 0.108. The highest BCUT2D eigenvalue weighted by molar-refractivity contribution is 6.07. The SMILES string of the molecule is COC12CCC(C(=O)N(C)C3CC(OC(C)(C)C)C3)(CC1)C(=O)C2. The van der Waals surface area contributed by atoms with Crippen LogP contribution in [0, 0.1) is 5.41 Å². The summed E-state index contributed by atoms with van der Waals surface area (Å²) in [6, 6.07) is 0.197. The summed E-state index contributed by atoms with van der Waals surface area (Å²) < 4.78 is 11.6. The molecule has 0 aromatic rings. The molecule has 0 aromatic heterocycles. The molecular formula is C19H31NO4. The fourth-order valence-electron chi connectivity index (χ4n) is 4.61. The van der Waals surface area contributed by atoms with Crippen molar-refractivity contribution in [2.45, 2.75) is 89.1 Å². The van der Waals surface area contributed by atoms with Gasteiger partial charge in [-0.05, 0) is 59.3 Å². The maximum absolute atomic E-state index is 13.1. The van der Waals surface area contributed by atoms with Crippen molar-refractivity contribution >= 4 is 11.7 Å². The Labute approximate surface area is 145 Å². The van der Waals surface area contributed by atoms with E-state index in [-0.39, 0.29) is 35.0 Å². The van der Waals surface area contributed by atoms with Gasteiger partial charge in [0.25, 0.3) is 0 Å². The van der Waals surface area contributed by atoms with Gasteiger partial charge >= 0.3 is 0 Å². The van der Waals surface area contributed by atoms with Crippen LogP contribution in [0.4, 0.5) is 0 Å². The van der Waals surface area contributed by atoms with E-state index in [0.29, 0.717) is 19.3 Å². The summed E-state index contributed by atoms with van der Waals surface area (Å²) in [6.07, 6.45) is 5.25. The van der Waals surface area contributed by atoms with E-state index in [2.05, 4.69) is 20.8 Å². The van der Waals surface area contributed by atoms with Gasteiger partial charge in [-0.2, -0.15) is 0 Å². The van der Waals surface area contributed by atoms with Crippen LogP contribution in [0.3, 0.4) is 0 Å². The fraction of sp³-hybridized carbons (Fsp3) is 0.895. The number of carbonyl (C=O) groups excluding carboxylic acids is 2. The van der Waals surface area contributed by atoms with E-state index in [1.54, 1.807) is 7.11 Å². The number of amides is 1. The number of methoxy groups -OCH3 is 1. The normalized spacial score (nSPS) is 38.8. The lowest BCUT2D eigenvalue weighted by Crippen LogP contribution is -2.61. The molecule has 4 aliphatic rings. The highest BCUT2D eigenvalue weighted by atomic mass is 16.5. The lowest BCUT2D eigenvalue weighted by molar-refractivity contribution is -0.176. The molecule has 0 aromatic carbocycles. The molecule has 0 spiro atoms. The number of hydrogen-bond donors (Lipinski definition) is 0. The second-order valence-electron chi connectivity index (χ2n) is 8.96. The lowest BCUT2D eigenvalue weighted by atomic mass is 9.57. The predicted molar refractivity (Wildman–Crippen MR) is 90.7 cm³/mol. The summed E-state index contributed by atoms with van der Waals surface area (Å²) in [6.45, 7) is 6.16. The first kappa shape index (κ1) is 17.9. The molecule has 2 bridgehead atoms. The Bertz CT molecular complexity index is 522. The highest BCUT2D eigenvalue weighted by Gasteiger charge is 2.59. The van der Waals surface area contributed by atoms with Crippen LogP contribution in [-0.4, -0.2) is 54.1 Å². The van der Waals surface area contributed by atoms with Gasteiger partial charge in [-0.3, -0.25) is 9.59 Å². The number of rotatable bonds is 4. The lowest BCUT2D eigenvalue weighted by Gasteiger charge is -2.52. The monoisotopic (exact) mass is 337 g/mol. The van der Waals surface area contributed by atoms with Crippen molar-refractivity contribution in [3.8, 4) is 0 Å². The van der Waals surface area contributed by atoms with Crippen molar-refractivity contribution in [1.82, 2.24) is 4.90 Å². The molecule has 4 aliphatic carbocycles. The van der Waals surface area contributed by atoms with Gasteiger partial charge in [-0.15, -0.1) is 0 Å². The molecule has 1 amide bonds. The zero-order chi connectivity index (χ0) is 17.8. The minimum atomic E-state index is -0.787. The Balaban J connectivity index is 1.62. The first-order valence-electron chi connectivity index (χ1n) is 9.14. The molecule has 5 nitrogen and oxygen atoms in total. The number of Topliss-reactive ketones (excluding diaryl/α,β-unsaturated/α-hetero) is 1. The Morgan fingerprint density at radius 2 is 1.75 bits per heavy atom. The second-order valence-corrected chi connectivity index (χ2v) is 8.96. The average molecular weight is 337 g/mol. The zero-order valence-corrected chi connectivity index (χ0v) is 15.7. The minimum absolute atomic E-state index is 0.0242. The van der Waals surface area contributed by atoms with Crippen molar-refractivity contribution < 1.29 is 19.1 Å². The van der Waals surface area contributed by atoms with E-state index in [4.69, 9.17) is 9.47 Å². The molecule has 4 rings (SSSR count). The van der Waals surface area contributed by atoms with Crippen molar-refractivity contribution in [1.29, 1.82) is 0 Å². The third-order valence-electron chi connectivity index (χ3n) is 6.33. The Kier molecular flexibility index (Phi) is 4.32. The second kappa shape index (κ2) is 5.80. The first-order valence-corrected chi connectivity index (χ1v) is 9.14. The molecule has 0 saturated heterocycles. The molecule has 4 saturated carbocycles. The summed E-state index contributed by atoms with van der Waals surface area (Å²) in [7, 11) is 3.54. The Morgan fingerprint density at radius 3 is 2.21 bits per heavy atom. The van der Waals surface area contributed by atoms with Gasteiger partial charge in [0, 0.05) is 26.6 Å². The van der Waals surface area contributed by atoms with Crippen LogP contribution in [0.2, 0.25) is 0 Å². The number of fused-ring (bicyclic) bond motifs is 3. The van der Waals surface area contributed by atoms with Crippen molar-refractivity contribution in [3.05, 3.63) is 0 Å². The van der Waals surface area contributed by atoms with Crippen LogP contribution in [0.5, 0.6) is 0 Å². The summed E-state index contributed by atoms with van der Waals surface area (Å²) in [5.41, 5.74) is -1.24. The fourth-order valence-corrected chi connectivity index (χ4v) is 4.61. The molecule has 0 unspecified atom stereocenters. The molecule has 0 aliphatic heterocycles. The summed E-state index contributed by atoms with van der Waals surface area (Å²) in [5, 5.41) is 0. The number of ether oxygens (including phenoxy) is 2. The van der Waals surface area contributed by atoms with Crippen LogP contribution in [0.25, 0.3) is 0 Å². The molecule has 0 heterocycles. The van der Waals surface area contributed by atoms with Gasteiger partial charge in [0.15, 0.2) is 5.78 Å². The molecule has 0 atom stereocenters. The van der Waals surface area contributed by atoms with E-state index in [9.17, 15) is 9.59 Å². The molecule has 24 heavy (non-hydrogen) atoms. The molecule has 0 N–H and O–H groups in total. The van der Waals surface area contributed by atoms with Gasteiger partial charge in [-0.1, -0.05) is 0 Å². The summed E-state index contributed by atoms with van der Waals surface area (Å²) in [4.78, 5) is 27.7. The van der Waals surface area contributed by atoms with Gasteiger partial charge < -0.3 is 14.4 Å². The maximum atomic E-state index is 13.1. The summed E-state index contributed by atoms with van der Waals surface area (Å²) >= 11 is 0. The van der Waals surface area contributed by atoms with Crippen molar-refractivity contribution in [2.75, 3.05) is 14.2 Å². The van der Waals surface area contributed by atoms with Gasteiger partial charge in [0.2, 0.25) is 5.91 Å². The first-order chi connectivity index (χ1) is 11.1. The number of hydrogen-bond acceptors (Lipinski definition) is 4. The van der Waals surface area contributed by atoms with Crippen LogP contribution in [0.1, 0.15) is 65.7 Å². The third kappa shape index (κ3) is 2.90. The largest absolute Gasteiger partial charge is 0.378 e. The number of nitrogens with zero attached hydrogens (tertiary/aromatic N) is 1. The van der Waals surface area contributed by atoms with Gasteiger partial charge in [0.1, 0.15) is 5.41 Å². The molecule has 0 radical (unpaired) electrons. The van der Waals surface area contributed by atoms with Gasteiger partial charge in [-0.25, -0.2) is 0 Å². The molecule has 136 valence electrons. The molecular weight excluding hydrogens is 306 g/mol. The minimum Gasteiger partial charge on any atom is -0.378 e. The molecule has 4 fully saturated rings. The van der Waals surface area contributed by atoms with Crippen LogP contribution in [-0.2, 0) is 19.1 Å². The topological polar surface area (TPSA) is 55.8 Å². The zero-order valence-electron chi connectivity index (χ0n) is 15.7. The standard InChI is InChI=1S/C19H31NO4/c1-17(2,3)24-14-10-13(11-14)20(4)16(22)19-8-6-18(23-5,7-9-19)12-15(19)21/h13-14H,6-12H2,1-5H3. The Hall–Kier alpha value is -0.940. The van der Waals surface area contributed by atoms with Gasteiger partial charge in [0.05, 0.1) is 17.3 Å². The van der Waals surface area contributed by atoms with E-state index >= 15 is 0 Å². The number of ketones is 1. The van der Waals surface area contributed by atoms with Crippen molar-refractivity contribution in [2.24, 2.45) is 5.41 Å². The van der Waals surface area contributed by atoms with E-state index < -0.39 is 5.41 Å². The average Bonchev–Trinajstić information content (AvgIpc) is 2.49. The van der Waals surface area contributed by atoms with Crippen LogP contribution < -0.4 is 0 Å².